The number of hydrogen-bond acceptors (Lipinski definition) is 4. The summed E-state index contributed by atoms with van der Waals surface area (Å²) < 4.78 is 0. The normalized spacial score (nSPS) is 15.5. The highest BCUT2D eigenvalue weighted by Gasteiger charge is 2.28. The van der Waals surface area contributed by atoms with Gasteiger partial charge in [-0.1, -0.05) is 36.4 Å². The van der Waals surface area contributed by atoms with Gasteiger partial charge in [0.1, 0.15) is 0 Å². The summed E-state index contributed by atoms with van der Waals surface area (Å²) in [4.78, 5) is 40.8. The van der Waals surface area contributed by atoms with Crippen molar-refractivity contribution in [3.63, 3.8) is 0 Å². The number of nitrogens with zero attached hydrogens (tertiary/aromatic N) is 1. The van der Waals surface area contributed by atoms with Crippen LogP contribution >= 0.6 is 0 Å². The number of piperidine rings is 1. The molecule has 0 atom stereocenters. The van der Waals surface area contributed by atoms with Crippen LogP contribution < -0.4 is 10.2 Å². The Bertz CT molecular complexity index is 1390. The van der Waals surface area contributed by atoms with Gasteiger partial charge in [-0.2, -0.15) is 0 Å². The number of carbonyl (C=O) groups excluding carboxylic acids is 3. The summed E-state index contributed by atoms with van der Waals surface area (Å²) in [5.41, 5.74) is 5.21. The average Bonchev–Trinajstić information content (AvgIpc) is 3.15. The third kappa shape index (κ3) is 3.67. The maximum absolute atomic E-state index is 12.0. The van der Waals surface area contributed by atoms with Crippen molar-refractivity contribution in [3.8, 4) is 0 Å². The molecule has 1 saturated heterocycles. The standard InChI is InChI=1S/C26H21N3O3/c1-29(15-17-8-11-23-20(13-17)19-4-2-3-5-22(19)27-23)18-9-6-16(7-10-18)12-21-24(30)14-25(31)28-26(21)32/h2-13,27H,14-15H2,1H3,(H,28,31,32)/b21-12+. The molecule has 1 aliphatic heterocycles. The van der Waals surface area contributed by atoms with Crippen LogP contribution in [0.3, 0.4) is 0 Å². The zero-order valence-electron chi connectivity index (χ0n) is 17.5. The number of hydrogen-bond donors (Lipinski definition) is 2. The fraction of sp³-hybridized carbons (Fsp3) is 0.115. The first-order valence-corrected chi connectivity index (χ1v) is 10.4. The Balaban J connectivity index is 1.35. The molecule has 5 rings (SSSR count). The van der Waals surface area contributed by atoms with E-state index in [1.54, 1.807) is 0 Å². The van der Waals surface area contributed by atoms with Crippen LogP contribution in [0.2, 0.25) is 0 Å². The second-order valence-electron chi connectivity index (χ2n) is 8.03. The van der Waals surface area contributed by atoms with Gasteiger partial charge < -0.3 is 9.88 Å². The van der Waals surface area contributed by atoms with Crippen LogP contribution in [0.1, 0.15) is 17.5 Å². The summed E-state index contributed by atoms with van der Waals surface area (Å²) in [5.74, 6) is -1.65. The van der Waals surface area contributed by atoms with E-state index in [1.165, 1.54) is 22.4 Å². The second-order valence-corrected chi connectivity index (χ2v) is 8.03. The highest BCUT2D eigenvalue weighted by Crippen LogP contribution is 2.27. The maximum Gasteiger partial charge on any atom is 0.261 e. The Kier molecular flexibility index (Phi) is 4.82. The summed E-state index contributed by atoms with van der Waals surface area (Å²) in [6.07, 6.45) is 1.23. The number of nitrogens with one attached hydrogen (secondary N) is 2. The van der Waals surface area contributed by atoms with Crippen LogP contribution in [0.25, 0.3) is 27.9 Å². The molecule has 32 heavy (non-hydrogen) atoms. The van der Waals surface area contributed by atoms with Gasteiger partial charge in [0.2, 0.25) is 5.91 Å². The molecule has 0 unspecified atom stereocenters. The van der Waals surface area contributed by atoms with Gasteiger partial charge in [-0.15, -0.1) is 0 Å². The molecule has 0 radical (unpaired) electrons. The Labute approximate surface area is 184 Å². The minimum absolute atomic E-state index is 0.0118. The molecule has 3 aromatic carbocycles. The van der Waals surface area contributed by atoms with Crippen LogP contribution in [0.4, 0.5) is 5.69 Å². The van der Waals surface area contributed by atoms with Crippen molar-refractivity contribution < 1.29 is 14.4 Å². The zero-order chi connectivity index (χ0) is 22.2. The van der Waals surface area contributed by atoms with E-state index >= 15 is 0 Å². The van der Waals surface area contributed by atoms with Crippen LogP contribution in [-0.4, -0.2) is 29.6 Å². The van der Waals surface area contributed by atoms with Gasteiger partial charge in [0.15, 0.2) is 5.78 Å². The smallest absolute Gasteiger partial charge is 0.261 e. The van der Waals surface area contributed by atoms with Gasteiger partial charge >= 0.3 is 0 Å². The van der Waals surface area contributed by atoms with Crippen molar-refractivity contribution in [2.45, 2.75) is 13.0 Å². The van der Waals surface area contributed by atoms with Crippen molar-refractivity contribution in [1.82, 2.24) is 10.3 Å². The van der Waals surface area contributed by atoms with E-state index in [4.69, 9.17) is 0 Å². The SMILES string of the molecule is CN(Cc1ccc2[nH]c3ccccc3c2c1)c1ccc(/C=C2\C(=O)CC(=O)NC2=O)cc1. The van der Waals surface area contributed by atoms with E-state index in [2.05, 4.69) is 45.5 Å². The largest absolute Gasteiger partial charge is 0.370 e. The van der Waals surface area contributed by atoms with Crippen molar-refractivity contribution >= 4 is 51.2 Å². The summed E-state index contributed by atoms with van der Waals surface area (Å²) in [6.45, 7) is 0.735. The van der Waals surface area contributed by atoms with Gasteiger partial charge in [-0.3, -0.25) is 19.7 Å². The number of Topliss-reactive ketones (excluding diaryl/α,β-unsaturated/α-hetero) is 1. The fourth-order valence-electron chi connectivity index (χ4n) is 4.10. The minimum Gasteiger partial charge on any atom is -0.370 e. The monoisotopic (exact) mass is 423 g/mol. The number of fused-ring (bicyclic) bond motifs is 3. The zero-order valence-corrected chi connectivity index (χ0v) is 17.5. The van der Waals surface area contributed by atoms with Crippen LogP contribution in [-0.2, 0) is 20.9 Å². The number of aromatic amines is 1. The lowest BCUT2D eigenvalue weighted by atomic mass is 10.0. The van der Waals surface area contributed by atoms with Crippen LogP contribution in [0, 0.1) is 0 Å². The Hall–Kier alpha value is -4.19. The predicted octanol–water partition coefficient (Wildman–Crippen LogP) is 3.96. The molecule has 6 nitrogen and oxygen atoms in total. The number of imide groups is 1. The second kappa shape index (κ2) is 7.81. The number of amides is 2. The Morgan fingerprint density at radius 3 is 2.44 bits per heavy atom. The molecule has 0 aliphatic carbocycles. The third-order valence-electron chi connectivity index (χ3n) is 5.75. The van der Waals surface area contributed by atoms with Crippen molar-refractivity contribution in [2.24, 2.45) is 0 Å². The molecular formula is C26H21N3O3. The van der Waals surface area contributed by atoms with Gasteiger partial charge in [0.05, 0.1) is 12.0 Å². The molecule has 0 saturated carbocycles. The van der Waals surface area contributed by atoms with E-state index in [-0.39, 0.29) is 12.0 Å². The molecule has 4 aromatic rings. The molecule has 2 heterocycles. The lowest BCUT2D eigenvalue weighted by molar-refractivity contribution is -0.134. The lowest BCUT2D eigenvalue weighted by Gasteiger charge is -2.20. The summed E-state index contributed by atoms with van der Waals surface area (Å²) in [5, 5.41) is 4.61. The number of benzene rings is 3. The first-order valence-electron chi connectivity index (χ1n) is 10.4. The molecule has 1 aliphatic rings. The number of anilines is 1. The number of aromatic nitrogens is 1. The molecule has 2 amide bonds. The highest BCUT2D eigenvalue weighted by molar-refractivity contribution is 6.32. The van der Waals surface area contributed by atoms with E-state index in [1.807, 2.05) is 43.4 Å². The number of carbonyl (C=O) groups is 3. The molecule has 0 bridgehead atoms. The van der Waals surface area contributed by atoms with Crippen LogP contribution in [0.5, 0.6) is 0 Å². The van der Waals surface area contributed by atoms with Crippen LogP contribution in [0.15, 0.2) is 72.3 Å². The Morgan fingerprint density at radius 2 is 1.66 bits per heavy atom. The predicted molar refractivity (Wildman–Crippen MR) is 125 cm³/mol. The topological polar surface area (TPSA) is 82.3 Å². The summed E-state index contributed by atoms with van der Waals surface area (Å²) in [6, 6.07) is 22.4. The number of para-hydroxylation sites is 1. The van der Waals surface area contributed by atoms with E-state index in [0.29, 0.717) is 0 Å². The van der Waals surface area contributed by atoms with Crippen molar-refractivity contribution in [3.05, 3.63) is 83.4 Å². The molecule has 0 spiro atoms. The fourth-order valence-corrected chi connectivity index (χ4v) is 4.10. The van der Waals surface area contributed by atoms with Crippen molar-refractivity contribution in [1.29, 1.82) is 0 Å². The van der Waals surface area contributed by atoms with Gasteiger partial charge in [-0.05, 0) is 47.5 Å². The number of rotatable bonds is 4. The highest BCUT2D eigenvalue weighted by atomic mass is 16.2. The van der Waals surface area contributed by atoms with E-state index < -0.39 is 17.6 Å². The van der Waals surface area contributed by atoms with Crippen molar-refractivity contribution in [2.75, 3.05) is 11.9 Å². The lowest BCUT2D eigenvalue weighted by Crippen LogP contribution is -2.40. The maximum atomic E-state index is 12.0. The number of ketones is 1. The first kappa shape index (κ1) is 19.8. The molecule has 6 heteroatoms. The van der Waals surface area contributed by atoms with Gasteiger partial charge in [-0.25, -0.2) is 0 Å². The quantitative estimate of drug-likeness (QED) is 0.225. The molecule has 1 fully saturated rings. The third-order valence-corrected chi connectivity index (χ3v) is 5.75. The minimum atomic E-state index is -0.639. The number of H-pyrrole nitrogens is 1. The van der Waals surface area contributed by atoms with Gasteiger partial charge in [0.25, 0.3) is 5.91 Å². The summed E-state index contributed by atoms with van der Waals surface area (Å²) >= 11 is 0. The molecule has 2 N–H and O–H groups in total. The van der Waals surface area contributed by atoms with Gasteiger partial charge in [0, 0.05) is 41.1 Å². The van der Waals surface area contributed by atoms with E-state index in [0.717, 1.165) is 28.8 Å². The summed E-state index contributed by atoms with van der Waals surface area (Å²) in [7, 11) is 2.02. The molecule has 158 valence electrons. The average molecular weight is 423 g/mol. The molecule has 1 aromatic heterocycles. The Morgan fingerprint density at radius 1 is 0.906 bits per heavy atom. The first-order chi connectivity index (χ1) is 15.5. The van der Waals surface area contributed by atoms with E-state index in [9.17, 15) is 14.4 Å². The molecular weight excluding hydrogens is 402 g/mol.